The predicted molar refractivity (Wildman–Crippen MR) is 98.6 cm³/mol. The molecule has 1 aromatic carbocycles. The minimum Gasteiger partial charge on any atom is -0.465 e. The summed E-state index contributed by atoms with van der Waals surface area (Å²) in [4.78, 5) is 43.2. The van der Waals surface area contributed by atoms with E-state index in [9.17, 15) is 14.4 Å². The maximum Gasteiger partial charge on any atom is 0.337 e. The Hall–Kier alpha value is -2.61. The van der Waals surface area contributed by atoms with E-state index < -0.39 is 11.2 Å². The zero-order valence-electron chi connectivity index (χ0n) is 14.5. The van der Waals surface area contributed by atoms with Crippen molar-refractivity contribution in [3.05, 3.63) is 51.4 Å². The van der Waals surface area contributed by atoms with E-state index in [1.54, 1.807) is 31.2 Å². The van der Waals surface area contributed by atoms with Crippen LogP contribution in [0.1, 0.15) is 35.0 Å². The molecule has 0 saturated heterocycles. The van der Waals surface area contributed by atoms with Gasteiger partial charge in [0.05, 0.1) is 23.6 Å². The molecule has 1 unspecified atom stereocenters. The van der Waals surface area contributed by atoms with Gasteiger partial charge in [0.25, 0.3) is 5.56 Å². The molecule has 0 saturated carbocycles. The molecule has 7 nitrogen and oxygen atoms in total. The van der Waals surface area contributed by atoms with Gasteiger partial charge in [-0.25, -0.2) is 9.78 Å². The zero-order valence-corrected chi connectivity index (χ0v) is 15.3. The number of hydrogen-bond acceptors (Lipinski definition) is 6. The molecule has 1 heterocycles. The van der Waals surface area contributed by atoms with E-state index in [1.165, 1.54) is 18.9 Å². The number of hydrogen-bond donors (Lipinski definition) is 2. The number of ether oxygens (including phenoxy) is 1. The number of aryl methyl sites for hydroxylation is 1. The maximum absolute atomic E-state index is 12.4. The number of nitrogens with one attached hydrogen (secondary N) is 2. The Morgan fingerprint density at radius 1 is 1.35 bits per heavy atom. The van der Waals surface area contributed by atoms with E-state index in [4.69, 9.17) is 0 Å². The number of anilines is 1. The van der Waals surface area contributed by atoms with Crippen LogP contribution in [-0.4, -0.2) is 34.2 Å². The molecule has 1 aromatic heterocycles. The first-order valence-corrected chi connectivity index (χ1v) is 9.14. The third kappa shape index (κ3) is 3.96. The van der Waals surface area contributed by atoms with Gasteiger partial charge in [0.2, 0.25) is 5.91 Å². The van der Waals surface area contributed by atoms with Crippen molar-refractivity contribution in [3.8, 4) is 0 Å². The molecular formula is C18H19N3O4S. The summed E-state index contributed by atoms with van der Waals surface area (Å²) in [5.74, 6) is -0.719. The molecule has 0 radical (unpaired) electrons. The van der Waals surface area contributed by atoms with Gasteiger partial charge in [0.1, 0.15) is 0 Å². The number of aromatic nitrogens is 2. The van der Waals surface area contributed by atoms with Gasteiger partial charge in [-0.15, -0.1) is 0 Å². The first-order valence-electron chi connectivity index (χ1n) is 8.26. The van der Waals surface area contributed by atoms with Gasteiger partial charge < -0.3 is 15.0 Å². The summed E-state index contributed by atoms with van der Waals surface area (Å²) < 4.78 is 4.67. The van der Waals surface area contributed by atoms with Crippen molar-refractivity contribution in [2.75, 3.05) is 12.4 Å². The minimum atomic E-state index is -0.473. The quantitative estimate of drug-likeness (QED) is 0.473. The molecule has 1 atom stereocenters. The fraction of sp³-hybridized carbons (Fsp3) is 0.333. The Morgan fingerprint density at radius 3 is 2.92 bits per heavy atom. The number of benzene rings is 1. The largest absolute Gasteiger partial charge is 0.465 e. The van der Waals surface area contributed by atoms with E-state index in [2.05, 4.69) is 20.0 Å². The average Bonchev–Trinajstić information content (AvgIpc) is 3.10. The van der Waals surface area contributed by atoms with Crippen LogP contribution in [0.15, 0.2) is 34.2 Å². The number of H-pyrrole nitrogens is 1. The van der Waals surface area contributed by atoms with Crippen molar-refractivity contribution in [2.45, 2.75) is 36.6 Å². The van der Waals surface area contributed by atoms with Crippen LogP contribution in [0.2, 0.25) is 0 Å². The zero-order chi connectivity index (χ0) is 18.7. The smallest absolute Gasteiger partial charge is 0.337 e. The third-order valence-electron chi connectivity index (χ3n) is 4.13. The highest BCUT2D eigenvalue weighted by molar-refractivity contribution is 8.00. The van der Waals surface area contributed by atoms with E-state index in [0.29, 0.717) is 16.4 Å². The van der Waals surface area contributed by atoms with Gasteiger partial charge in [-0.2, -0.15) is 0 Å². The second kappa shape index (κ2) is 7.74. The van der Waals surface area contributed by atoms with E-state index in [0.717, 1.165) is 30.5 Å². The lowest BCUT2D eigenvalue weighted by molar-refractivity contribution is -0.115. The number of nitrogens with zero attached hydrogens (tertiary/aromatic N) is 1. The molecule has 136 valence electrons. The van der Waals surface area contributed by atoms with Crippen molar-refractivity contribution in [1.29, 1.82) is 0 Å². The summed E-state index contributed by atoms with van der Waals surface area (Å²) >= 11 is 1.20. The average molecular weight is 373 g/mol. The molecular weight excluding hydrogens is 354 g/mol. The molecule has 0 fully saturated rings. The molecule has 1 amide bonds. The van der Waals surface area contributed by atoms with Crippen molar-refractivity contribution < 1.29 is 14.3 Å². The van der Waals surface area contributed by atoms with Crippen molar-refractivity contribution in [1.82, 2.24) is 9.97 Å². The second-order valence-electron chi connectivity index (χ2n) is 5.97. The Morgan fingerprint density at radius 2 is 2.15 bits per heavy atom. The molecule has 2 N–H and O–H groups in total. The van der Waals surface area contributed by atoms with E-state index in [-0.39, 0.29) is 11.5 Å². The fourth-order valence-corrected chi connectivity index (χ4v) is 3.60. The van der Waals surface area contributed by atoms with Crippen LogP contribution in [0.25, 0.3) is 0 Å². The monoisotopic (exact) mass is 373 g/mol. The standard InChI is InChI=1S/C18H19N3O4S/c1-10(26-18-20-14-8-4-7-13(14)16(23)21-18)15(22)19-12-6-3-5-11(9-12)17(24)25-2/h3,5-6,9-10H,4,7-8H2,1-2H3,(H,19,22)(H,20,21,23). The molecule has 2 aromatic rings. The number of aromatic amines is 1. The van der Waals surface area contributed by atoms with Gasteiger partial charge in [0, 0.05) is 11.3 Å². The number of amides is 1. The second-order valence-corrected chi connectivity index (χ2v) is 7.30. The Bertz CT molecular complexity index is 910. The van der Waals surface area contributed by atoms with Crippen LogP contribution in [0.5, 0.6) is 0 Å². The van der Waals surface area contributed by atoms with Gasteiger partial charge in [-0.1, -0.05) is 17.8 Å². The Kier molecular flexibility index (Phi) is 5.41. The van der Waals surface area contributed by atoms with Crippen LogP contribution in [0.4, 0.5) is 5.69 Å². The maximum atomic E-state index is 12.4. The number of methoxy groups -OCH3 is 1. The molecule has 1 aliphatic rings. The molecule has 0 bridgehead atoms. The highest BCUT2D eigenvalue weighted by Crippen LogP contribution is 2.23. The summed E-state index contributed by atoms with van der Waals surface area (Å²) in [5, 5.41) is 2.73. The summed E-state index contributed by atoms with van der Waals surface area (Å²) in [6, 6.07) is 6.52. The SMILES string of the molecule is COC(=O)c1cccc(NC(=O)C(C)Sc2nc3c(c(=O)[nH]2)CCC3)c1. The van der Waals surface area contributed by atoms with Gasteiger partial charge in [0.15, 0.2) is 5.16 Å². The van der Waals surface area contributed by atoms with Gasteiger partial charge in [-0.3, -0.25) is 9.59 Å². The molecule has 0 aliphatic heterocycles. The van der Waals surface area contributed by atoms with Crippen LogP contribution in [-0.2, 0) is 22.4 Å². The predicted octanol–water partition coefficient (Wildman–Crippen LogP) is 2.16. The fourth-order valence-electron chi connectivity index (χ4n) is 2.78. The minimum absolute atomic E-state index is 0.117. The first kappa shape index (κ1) is 18.2. The topological polar surface area (TPSA) is 101 Å². The highest BCUT2D eigenvalue weighted by atomic mass is 32.2. The third-order valence-corrected chi connectivity index (χ3v) is 5.11. The number of fused-ring (bicyclic) bond motifs is 1. The lowest BCUT2D eigenvalue weighted by Gasteiger charge is -2.12. The first-order chi connectivity index (χ1) is 12.5. The van der Waals surface area contributed by atoms with Crippen molar-refractivity contribution in [3.63, 3.8) is 0 Å². The number of thioether (sulfide) groups is 1. The summed E-state index contributed by atoms with van der Waals surface area (Å²) in [6.45, 7) is 1.73. The summed E-state index contributed by atoms with van der Waals surface area (Å²) in [6.07, 6.45) is 2.50. The summed E-state index contributed by atoms with van der Waals surface area (Å²) in [7, 11) is 1.30. The molecule has 3 rings (SSSR count). The number of esters is 1. The van der Waals surface area contributed by atoms with Crippen LogP contribution >= 0.6 is 11.8 Å². The number of carbonyl (C=O) groups is 2. The molecule has 8 heteroatoms. The van der Waals surface area contributed by atoms with Crippen LogP contribution in [0, 0.1) is 0 Å². The van der Waals surface area contributed by atoms with E-state index in [1.807, 2.05) is 0 Å². The lowest BCUT2D eigenvalue weighted by Crippen LogP contribution is -2.24. The molecule has 26 heavy (non-hydrogen) atoms. The van der Waals surface area contributed by atoms with Crippen LogP contribution in [0.3, 0.4) is 0 Å². The van der Waals surface area contributed by atoms with E-state index >= 15 is 0 Å². The van der Waals surface area contributed by atoms with Crippen molar-refractivity contribution >= 4 is 29.3 Å². The Balaban J connectivity index is 1.68. The number of rotatable bonds is 5. The van der Waals surface area contributed by atoms with Crippen LogP contribution < -0.4 is 10.9 Å². The highest BCUT2D eigenvalue weighted by Gasteiger charge is 2.21. The summed E-state index contributed by atoms with van der Waals surface area (Å²) in [5.41, 5.74) is 2.32. The lowest BCUT2D eigenvalue weighted by atomic mass is 10.2. The Labute approximate surface area is 154 Å². The molecule has 0 spiro atoms. The van der Waals surface area contributed by atoms with Crippen molar-refractivity contribution in [2.24, 2.45) is 0 Å². The van der Waals surface area contributed by atoms with Gasteiger partial charge >= 0.3 is 5.97 Å². The number of carbonyl (C=O) groups excluding carboxylic acids is 2. The molecule has 1 aliphatic carbocycles. The normalized spacial score (nSPS) is 13.8. The van der Waals surface area contributed by atoms with Gasteiger partial charge in [-0.05, 0) is 44.4 Å².